The van der Waals surface area contributed by atoms with Gasteiger partial charge in [-0.3, -0.25) is 4.79 Å². The van der Waals surface area contributed by atoms with E-state index in [0.29, 0.717) is 12.0 Å². The highest BCUT2D eigenvalue weighted by Crippen LogP contribution is 2.29. The molecule has 1 amide bonds. The summed E-state index contributed by atoms with van der Waals surface area (Å²) in [5.41, 5.74) is -1.59. The van der Waals surface area contributed by atoms with Gasteiger partial charge in [-0.2, -0.15) is 18.4 Å². The molecule has 0 spiro atoms. The van der Waals surface area contributed by atoms with Gasteiger partial charge in [0.1, 0.15) is 5.41 Å². The number of amides is 1. The van der Waals surface area contributed by atoms with E-state index in [0.717, 1.165) is 12.1 Å². The minimum Gasteiger partial charge on any atom is -0.351 e. The Balaban J connectivity index is 2.77. The molecule has 1 aromatic rings. The number of nitriles is 1. The number of benzene rings is 1. The Morgan fingerprint density at radius 1 is 1.40 bits per heavy atom. The highest BCUT2D eigenvalue weighted by molar-refractivity contribution is 5.84. The van der Waals surface area contributed by atoms with Crippen molar-refractivity contribution in [3.63, 3.8) is 0 Å². The standard InChI is InChI=1S/C14H15F3N2O/c1-3-13(2,9-18)12(20)19-8-10-5-4-6-11(7-10)14(15,16)17/h4-7H,3,8H2,1-2H3,(H,19,20). The first-order chi connectivity index (χ1) is 9.23. The van der Waals surface area contributed by atoms with Gasteiger partial charge in [0.2, 0.25) is 5.91 Å². The molecule has 0 saturated heterocycles. The molecule has 108 valence electrons. The lowest BCUT2D eigenvalue weighted by atomic mass is 9.88. The molecule has 0 aliphatic heterocycles. The lowest BCUT2D eigenvalue weighted by Crippen LogP contribution is -2.37. The van der Waals surface area contributed by atoms with Crippen LogP contribution in [0.2, 0.25) is 0 Å². The molecule has 0 aromatic heterocycles. The minimum atomic E-state index is -4.41. The van der Waals surface area contributed by atoms with Crippen LogP contribution in [0.25, 0.3) is 0 Å². The van der Waals surface area contributed by atoms with Crippen LogP contribution in [0.15, 0.2) is 24.3 Å². The van der Waals surface area contributed by atoms with Crippen LogP contribution < -0.4 is 5.32 Å². The fourth-order valence-corrected chi connectivity index (χ4v) is 1.53. The van der Waals surface area contributed by atoms with Gasteiger partial charge in [-0.1, -0.05) is 19.1 Å². The number of carbonyl (C=O) groups excluding carboxylic acids is 1. The average Bonchev–Trinajstić information content (AvgIpc) is 2.43. The van der Waals surface area contributed by atoms with E-state index < -0.39 is 23.1 Å². The normalized spacial score (nSPS) is 14.2. The molecule has 0 aliphatic rings. The van der Waals surface area contributed by atoms with Gasteiger partial charge < -0.3 is 5.32 Å². The second-order valence-electron chi connectivity index (χ2n) is 4.68. The predicted octanol–water partition coefficient (Wildman–Crippen LogP) is 3.26. The van der Waals surface area contributed by atoms with Crippen LogP contribution in [0, 0.1) is 16.7 Å². The third-order valence-corrected chi connectivity index (χ3v) is 3.16. The maximum atomic E-state index is 12.5. The zero-order valence-electron chi connectivity index (χ0n) is 11.2. The molecule has 1 N–H and O–H groups in total. The monoisotopic (exact) mass is 284 g/mol. The van der Waals surface area contributed by atoms with Gasteiger partial charge in [0.15, 0.2) is 0 Å². The first-order valence-corrected chi connectivity index (χ1v) is 6.08. The van der Waals surface area contributed by atoms with Crippen LogP contribution in [-0.4, -0.2) is 5.91 Å². The summed E-state index contributed by atoms with van der Waals surface area (Å²) in [5, 5.41) is 11.4. The molecule has 6 heteroatoms. The van der Waals surface area contributed by atoms with Crippen LogP contribution >= 0.6 is 0 Å². The molecule has 20 heavy (non-hydrogen) atoms. The molecule has 1 unspecified atom stereocenters. The number of rotatable bonds is 4. The molecular weight excluding hydrogens is 269 g/mol. The van der Waals surface area contributed by atoms with Gasteiger partial charge in [0, 0.05) is 6.54 Å². The zero-order valence-corrected chi connectivity index (χ0v) is 11.2. The SMILES string of the molecule is CCC(C)(C#N)C(=O)NCc1cccc(C(F)(F)F)c1. The van der Waals surface area contributed by atoms with Gasteiger partial charge >= 0.3 is 6.18 Å². The fraction of sp³-hybridized carbons (Fsp3) is 0.429. The summed E-state index contributed by atoms with van der Waals surface area (Å²) in [6, 6.07) is 6.64. The number of hydrogen-bond donors (Lipinski definition) is 1. The second-order valence-corrected chi connectivity index (χ2v) is 4.68. The third kappa shape index (κ3) is 3.73. The number of hydrogen-bond acceptors (Lipinski definition) is 2. The van der Waals surface area contributed by atoms with E-state index in [2.05, 4.69) is 5.32 Å². The summed E-state index contributed by atoms with van der Waals surface area (Å²) >= 11 is 0. The van der Waals surface area contributed by atoms with Crippen LogP contribution in [0.4, 0.5) is 13.2 Å². The highest BCUT2D eigenvalue weighted by atomic mass is 19.4. The molecule has 1 aromatic carbocycles. The Bertz CT molecular complexity index is 534. The van der Waals surface area contributed by atoms with E-state index in [-0.39, 0.29) is 6.54 Å². The van der Waals surface area contributed by atoms with Crippen LogP contribution in [0.5, 0.6) is 0 Å². The molecule has 0 fully saturated rings. The van der Waals surface area contributed by atoms with Crippen molar-refractivity contribution in [1.82, 2.24) is 5.32 Å². The lowest BCUT2D eigenvalue weighted by molar-refractivity contribution is -0.137. The van der Waals surface area contributed by atoms with Crippen molar-refractivity contribution in [2.75, 3.05) is 0 Å². The highest BCUT2D eigenvalue weighted by Gasteiger charge is 2.32. The number of alkyl halides is 3. The molecule has 0 saturated carbocycles. The smallest absolute Gasteiger partial charge is 0.351 e. The number of halogens is 3. The fourth-order valence-electron chi connectivity index (χ4n) is 1.53. The quantitative estimate of drug-likeness (QED) is 0.922. The Kier molecular flexibility index (Phi) is 4.77. The average molecular weight is 284 g/mol. The summed E-state index contributed by atoms with van der Waals surface area (Å²) < 4.78 is 37.6. The maximum Gasteiger partial charge on any atom is 0.416 e. The maximum absolute atomic E-state index is 12.5. The van der Waals surface area contributed by atoms with E-state index in [4.69, 9.17) is 5.26 Å². The van der Waals surface area contributed by atoms with Crippen molar-refractivity contribution in [3.8, 4) is 6.07 Å². The van der Waals surface area contributed by atoms with Crippen molar-refractivity contribution in [2.45, 2.75) is 33.0 Å². The van der Waals surface area contributed by atoms with Crippen LogP contribution in [0.3, 0.4) is 0 Å². The van der Waals surface area contributed by atoms with E-state index >= 15 is 0 Å². The summed E-state index contributed by atoms with van der Waals surface area (Å²) in [6.45, 7) is 3.15. The Morgan fingerprint density at radius 2 is 2.05 bits per heavy atom. The van der Waals surface area contributed by atoms with Crippen molar-refractivity contribution in [1.29, 1.82) is 5.26 Å². The van der Waals surface area contributed by atoms with E-state index in [9.17, 15) is 18.0 Å². The zero-order chi connectivity index (χ0) is 15.4. The topological polar surface area (TPSA) is 52.9 Å². The van der Waals surface area contributed by atoms with Crippen molar-refractivity contribution in [2.24, 2.45) is 5.41 Å². The molecule has 1 rings (SSSR count). The van der Waals surface area contributed by atoms with Crippen molar-refractivity contribution < 1.29 is 18.0 Å². The molecule has 0 bridgehead atoms. The summed E-state index contributed by atoms with van der Waals surface area (Å²) in [4.78, 5) is 11.8. The van der Waals surface area contributed by atoms with Gasteiger partial charge in [-0.15, -0.1) is 0 Å². The first-order valence-electron chi connectivity index (χ1n) is 6.08. The minimum absolute atomic E-state index is 0.0416. The van der Waals surface area contributed by atoms with Gasteiger partial charge in [0.05, 0.1) is 11.6 Å². The number of nitrogens with zero attached hydrogens (tertiary/aromatic N) is 1. The molecule has 1 atom stereocenters. The third-order valence-electron chi connectivity index (χ3n) is 3.16. The largest absolute Gasteiger partial charge is 0.416 e. The number of carbonyl (C=O) groups is 1. The summed E-state index contributed by atoms with van der Waals surface area (Å²) in [6.07, 6.45) is -4.08. The van der Waals surface area contributed by atoms with Crippen molar-refractivity contribution in [3.05, 3.63) is 35.4 Å². The van der Waals surface area contributed by atoms with E-state index in [1.54, 1.807) is 6.92 Å². The van der Waals surface area contributed by atoms with Gasteiger partial charge in [-0.05, 0) is 31.0 Å². The van der Waals surface area contributed by atoms with E-state index in [1.165, 1.54) is 19.1 Å². The van der Waals surface area contributed by atoms with Gasteiger partial charge in [0.25, 0.3) is 0 Å². The Hall–Kier alpha value is -2.03. The Morgan fingerprint density at radius 3 is 2.55 bits per heavy atom. The molecule has 3 nitrogen and oxygen atoms in total. The summed E-state index contributed by atoms with van der Waals surface area (Å²) in [7, 11) is 0. The lowest BCUT2D eigenvalue weighted by Gasteiger charge is -2.18. The second kappa shape index (κ2) is 5.95. The van der Waals surface area contributed by atoms with Crippen LogP contribution in [0.1, 0.15) is 31.4 Å². The Labute approximate surface area is 115 Å². The van der Waals surface area contributed by atoms with Gasteiger partial charge in [-0.25, -0.2) is 0 Å². The van der Waals surface area contributed by atoms with Crippen LogP contribution in [-0.2, 0) is 17.5 Å². The molecular formula is C14H15F3N2O. The van der Waals surface area contributed by atoms with Crippen molar-refractivity contribution >= 4 is 5.91 Å². The van der Waals surface area contributed by atoms with E-state index in [1.807, 2.05) is 6.07 Å². The first kappa shape index (κ1) is 16.0. The summed E-state index contributed by atoms with van der Waals surface area (Å²) in [5.74, 6) is -0.486. The predicted molar refractivity (Wildman–Crippen MR) is 67.3 cm³/mol. The molecule has 0 radical (unpaired) electrons. The molecule has 0 heterocycles. The number of nitrogens with one attached hydrogen (secondary N) is 1. The molecule has 0 aliphatic carbocycles.